The zero-order valence-corrected chi connectivity index (χ0v) is 14.5. The molecule has 0 fully saturated rings. The fraction of sp³-hybridized carbons (Fsp3) is 0.722. The smallest absolute Gasteiger partial charge is 0.171 e. The Morgan fingerprint density at radius 2 is 1.74 bits per heavy atom. The number of pyridine rings is 1. The number of aromatic nitrogens is 1. The van der Waals surface area contributed by atoms with E-state index in [0.717, 1.165) is 32.5 Å². The highest BCUT2D eigenvalue weighted by Gasteiger charge is 1.98. The van der Waals surface area contributed by atoms with Crippen LogP contribution in [0.2, 0.25) is 0 Å². The third-order valence-corrected chi connectivity index (χ3v) is 3.87. The van der Waals surface area contributed by atoms with Gasteiger partial charge in [-0.1, -0.05) is 37.2 Å². The molecule has 0 spiro atoms. The van der Waals surface area contributed by atoms with E-state index in [4.69, 9.17) is 10.3 Å². The number of unbranched alkanes of at least 4 members (excludes halogenated alkanes) is 6. The summed E-state index contributed by atoms with van der Waals surface area (Å²) in [5, 5.41) is 3.54. The first-order valence-electron chi connectivity index (χ1n) is 8.85. The molecule has 0 aliphatic rings. The molecular formula is C18H31N4O+. The van der Waals surface area contributed by atoms with Gasteiger partial charge < -0.3 is 4.74 Å². The molecule has 0 bridgehead atoms. The predicted molar refractivity (Wildman–Crippen MR) is 93.1 cm³/mol. The molecule has 0 aliphatic carbocycles. The Kier molecular flexibility index (Phi) is 11.9. The topological polar surface area (TPSA) is 61.9 Å². The maximum atomic E-state index is 8.16. The molecule has 0 unspecified atom stereocenters. The van der Waals surface area contributed by atoms with Crippen LogP contribution in [0.1, 0.15) is 56.9 Å². The Morgan fingerprint density at radius 1 is 1.04 bits per heavy atom. The summed E-state index contributed by atoms with van der Waals surface area (Å²) in [6, 6.07) is 4.26. The lowest BCUT2D eigenvalue weighted by molar-refractivity contribution is -0.671. The van der Waals surface area contributed by atoms with Crippen LogP contribution in [0.15, 0.2) is 29.6 Å². The molecule has 0 amide bonds. The van der Waals surface area contributed by atoms with E-state index in [1.54, 1.807) is 0 Å². The standard InChI is InChI=1S/C18H31N4O/c1-22-14-9-11-18(17-22)12-10-16-23-15-8-6-4-2-3-5-7-13-20-21-19/h9,11,14,17H,2-8,10,12-13,15-16H2,1H3/q+1. The van der Waals surface area contributed by atoms with E-state index in [-0.39, 0.29) is 0 Å². The Morgan fingerprint density at radius 3 is 2.48 bits per heavy atom. The maximum absolute atomic E-state index is 8.16. The second-order valence-corrected chi connectivity index (χ2v) is 6.02. The van der Waals surface area contributed by atoms with Crippen molar-refractivity contribution >= 4 is 0 Å². The summed E-state index contributed by atoms with van der Waals surface area (Å²) in [6.07, 6.45) is 14.8. The van der Waals surface area contributed by atoms with E-state index < -0.39 is 0 Å². The molecular weight excluding hydrogens is 288 g/mol. The summed E-state index contributed by atoms with van der Waals surface area (Å²) in [4.78, 5) is 2.76. The maximum Gasteiger partial charge on any atom is 0.171 e. The van der Waals surface area contributed by atoms with Crippen molar-refractivity contribution in [3.8, 4) is 0 Å². The fourth-order valence-electron chi connectivity index (χ4n) is 2.59. The van der Waals surface area contributed by atoms with Gasteiger partial charge in [0.05, 0.1) is 0 Å². The van der Waals surface area contributed by atoms with Gasteiger partial charge in [0.2, 0.25) is 0 Å². The van der Waals surface area contributed by atoms with Crippen LogP contribution in [0.4, 0.5) is 0 Å². The third kappa shape index (κ3) is 11.6. The van der Waals surface area contributed by atoms with Gasteiger partial charge in [0.25, 0.3) is 0 Å². The predicted octanol–water partition coefficient (Wildman–Crippen LogP) is 4.50. The number of nitrogens with zero attached hydrogens (tertiary/aromatic N) is 4. The number of ether oxygens (including phenoxy) is 1. The molecule has 0 radical (unpaired) electrons. The number of hydrogen-bond donors (Lipinski definition) is 0. The molecule has 0 aromatic carbocycles. The first-order valence-corrected chi connectivity index (χ1v) is 8.85. The largest absolute Gasteiger partial charge is 0.381 e. The number of aryl methyl sites for hydroxylation is 2. The highest BCUT2D eigenvalue weighted by atomic mass is 16.5. The molecule has 23 heavy (non-hydrogen) atoms. The van der Waals surface area contributed by atoms with Gasteiger partial charge >= 0.3 is 0 Å². The van der Waals surface area contributed by atoms with Crippen molar-refractivity contribution in [1.29, 1.82) is 0 Å². The quantitative estimate of drug-likeness (QED) is 0.164. The highest BCUT2D eigenvalue weighted by Crippen LogP contribution is 2.07. The normalized spacial score (nSPS) is 10.5. The minimum atomic E-state index is 0.644. The summed E-state index contributed by atoms with van der Waals surface area (Å²) in [5.41, 5.74) is 9.53. The SMILES string of the molecule is C[n+]1cccc(CCCOCCCCCCCCCN=[N+]=[N-])c1. The van der Waals surface area contributed by atoms with Crippen molar-refractivity contribution in [2.24, 2.45) is 12.2 Å². The van der Waals surface area contributed by atoms with E-state index in [0.29, 0.717) is 6.54 Å². The van der Waals surface area contributed by atoms with Crippen LogP contribution in [0.25, 0.3) is 10.4 Å². The van der Waals surface area contributed by atoms with Crippen molar-refractivity contribution in [1.82, 2.24) is 0 Å². The zero-order valence-electron chi connectivity index (χ0n) is 14.5. The van der Waals surface area contributed by atoms with E-state index in [2.05, 4.69) is 46.2 Å². The first-order chi connectivity index (χ1) is 11.3. The van der Waals surface area contributed by atoms with Crippen LogP contribution in [-0.2, 0) is 18.2 Å². The third-order valence-electron chi connectivity index (χ3n) is 3.87. The Balaban J connectivity index is 1.80. The number of rotatable bonds is 14. The zero-order chi connectivity index (χ0) is 16.6. The average molecular weight is 319 g/mol. The molecule has 0 N–H and O–H groups in total. The van der Waals surface area contributed by atoms with Crippen LogP contribution >= 0.6 is 0 Å². The van der Waals surface area contributed by atoms with Gasteiger partial charge in [-0.05, 0) is 37.3 Å². The van der Waals surface area contributed by atoms with Crippen molar-refractivity contribution < 1.29 is 9.30 Å². The highest BCUT2D eigenvalue weighted by molar-refractivity contribution is 5.05. The summed E-state index contributed by atoms with van der Waals surface area (Å²) in [5.74, 6) is 0. The van der Waals surface area contributed by atoms with Gasteiger partial charge in [-0.25, -0.2) is 4.57 Å². The minimum Gasteiger partial charge on any atom is -0.381 e. The Bertz CT molecular complexity index is 458. The number of hydrogen-bond acceptors (Lipinski definition) is 2. The molecule has 0 atom stereocenters. The molecule has 5 heteroatoms. The molecule has 1 rings (SSSR count). The van der Waals surface area contributed by atoms with Crippen LogP contribution in [0.3, 0.4) is 0 Å². The van der Waals surface area contributed by atoms with Gasteiger partial charge in [0, 0.05) is 36.3 Å². The molecule has 1 heterocycles. The summed E-state index contributed by atoms with van der Waals surface area (Å²) < 4.78 is 7.79. The van der Waals surface area contributed by atoms with E-state index in [9.17, 15) is 0 Å². The number of azide groups is 1. The lowest BCUT2D eigenvalue weighted by Gasteiger charge is -2.04. The molecule has 0 saturated heterocycles. The summed E-state index contributed by atoms with van der Waals surface area (Å²) in [7, 11) is 2.06. The van der Waals surface area contributed by atoms with Crippen molar-refractivity contribution in [2.45, 2.75) is 57.8 Å². The monoisotopic (exact) mass is 319 g/mol. The molecule has 0 aliphatic heterocycles. The van der Waals surface area contributed by atoms with E-state index >= 15 is 0 Å². The van der Waals surface area contributed by atoms with Crippen LogP contribution in [0.5, 0.6) is 0 Å². The first kappa shape index (κ1) is 19.5. The average Bonchev–Trinajstić information content (AvgIpc) is 2.55. The second kappa shape index (κ2) is 14.0. The van der Waals surface area contributed by atoms with E-state index in [1.807, 2.05) is 0 Å². The molecule has 1 aromatic heterocycles. The van der Waals surface area contributed by atoms with Crippen LogP contribution in [-0.4, -0.2) is 19.8 Å². The van der Waals surface area contributed by atoms with Crippen molar-refractivity contribution in [2.75, 3.05) is 19.8 Å². The van der Waals surface area contributed by atoms with Gasteiger partial charge in [0.15, 0.2) is 12.4 Å². The fourth-order valence-corrected chi connectivity index (χ4v) is 2.59. The Hall–Kier alpha value is -1.58. The van der Waals surface area contributed by atoms with Crippen molar-refractivity contribution in [3.63, 3.8) is 0 Å². The minimum absolute atomic E-state index is 0.644. The molecule has 128 valence electrons. The van der Waals surface area contributed by atoms with Gasteiger partial charge in [0.1, 0.15) is 7.05 Å². The molecule has 5 nitrogen and oxygen atoms in total. The molecule has 1 aromatic rings. The van der Waals surface area contributed by atoms with Crippen LogP contribution in [0, 0.1) is 0 Å². The van der Waals surface area contributed by atoms with Gasteiger partial charge in [-0.3, -0.25) is 0 Å². The lowest BCUT2D eigenvalue weighted by atomic mass is 10.1. The molecule has 0 saturated carbocycles. The van der Waals surface area contributed by atoms with Crippen LogP contribution < -0.4 is 4.57 Å². The summed E-state index contributed by atoms with van der Waals surface area (Å²) >= 11 is 0. The Labute approximate surface area is 140 Å². The van der Waals surface area contributed by atoms with Gasteiger partial charge in [-0.2, -0.15) is 0 Å². The van der Waals surface area contributed by atoms with Crippen molar-refractivity contribution in [3.05, 3.63) is 40.5 Å². The van der Waals surface area contributed by atoms with Gasteiger partial charge in [-0.15, -0.1) is 0 Å². The lowest BCUT2D eigenvalue weighted by Crippen LogP contribution is -2.26. The van der Waals surface area contributed by atoms with E-state index in [1.165, 1.54) is 44.1 Å². The second-order valence-electron chi connectivity index (χ2n) is 6.02. The summed E-state index contributed by atoms with van der Waals surface area (Å²) in [6.45, 7) is 2.39.